The zero-order chi connectivity index (χ0) is 22.7. The number of nitrogens with zero attached hydrogens (tertiary/aromatic N) is 3. The van der Waals surface area contributed by atoms with E-state index in [1.807, 2.05) is 30.2 Å². The molecule has 2 saturated heterocycles. The van der Waals surface area contributed by atoms with Crippen molar-refractivity contribution in [3.05, 3.63) is 65.0 Å². The van der Waals surface area contributed by atoms with Crippen LogP contribution in [0.3, 0.4) is 0 Å². The second kappa shape index (κ2) is 9.61. The van der Waals surface area contributed by atoms with E-state index in [1.54, 1.807) is 0 Å². The normalized spacial score (nSPS) is 19.3. The van der Waals surface area contributed by atoms with Crippen molar-refractivity contribution < 1.29 is 18.0 Å². The van der Waals surface area contributed by atoms with Gasteiger partial charge in [-0.3, -0.25) is 14.7 Å². The molecule has 0 unspecified atom stereocenters. The molecule has 172 valence electrons. The molecule has 0 N–H and O–H groups in total. The minimum Gasteiger partial charge on any atom is -0.341 e. The first-order valence-electron chi connectivity index (χ1n) is 11.4. The number of carbonyl (C=O) groups is 1. The molecule has 1 aromatic heterocycles. The molecule has 2 aromatic rings. The van der Waals surface area contributed by atoms with E-state index in [0.29, 0.717) is 12.3 Å². The summed E-state index contributed by atoms with van der Waals surface area (Å²) in [6.45, 7) is 5.59. The molecule has 3 heterocycles. The first kappa shape index (κ1) is 22.8. The lowest BCUT2D eigenvalue weighted by Crippen LogP contribution is -2.48. The van der Waals surface area contributed by atoms with Crippen LogP contribution in [0, 0.1) is 0 Å². The van der Waals surface area contributed by atoms with Gasteiger partial charge < -0.3 is 4.90 Å². The Kier molecular flexibility index (Phi) is 6.84. The molecule has 4 nitrogen and oxygen atoms in total. The van der Waals surface area contributed by atoms with Crippen LogP contribution in [0.2, 0.25) is 0 Å². The molecule has 0 aliphatic carbocycles. The molecule has 2 aliphatic rings. The van der Waals surface area contributed by atoms with Crippen LogP contribution in [0.1, 0.15) is 60.9 Å². The third-order valence-electron chi connectivity index (χ3n) is 6.81. The van der Waals surface area contributed by atoms with Gasteiger partial charge in [-0.25, -0.2) is 0 Å². The molecule has 2 aliphatic heterocycles. The van der Waals surface area contributed by atoms with Crippen LogP contribution < -0.4 is 0 Å². The Bertz CT molecular complexity index is 898. The van der Waals surface area contributed by atoms with Gasteiger partial charge in [-0.05, 0) is 81.4 Å². The summed E-state index contributed by atoms with van der Waals surface area (Å²) in [6.07, 6.45) is 2.23. The summed E-state index contributed by atoms with van der Waals surface area (Å²) in [5, 5.41) is 0. The molecule has 7 heteroatoms. The van der Waals surface area contributed by atoms with Crippen molar-refractivity contribution in [1.82, 2.24) is 14.8 Å². The highest BCUT2D eigenvalue weighted by molar-refractivity contribution is 5.81. The summed E-state index contributed by atoms with van der Waals surface area (Å²) >= 11 is 0. The summed E-state index contributed by atoms with van der Waals surface area (Å²) in [4.78, 5) is 21.7. The molecule has 32 heavy (non-hydrogen) atoms. The van der Waals surface area contributed by atoms with Crippen LogP contribution >= 0.6 is 0 Å². The summed E-state index contributed by atoms with van der Waals surface area (Å²) in [5.41, 5.74) is 2.20. The third-order valence-corrected chi connectivity index (χ3v) is 6.81. The minimum atomic E-state index is -4.31. The van der Waals surface area contributed by atoms with Gasteiger partial charge in [0.1, 0.15) is 0 Å². The second-order valence-corrected chi connectivity index (χ2v) is 8.98. The average Bonchev–Trinajstić information content (AvgIpc) is 3.34. The van der Waals surface area contributed by atoms with Crippen molar-refractivity contribution in [1.29, 1.82) is 0 Å². The van der Waals surface area contributed by atoms with Gasteiger partial charge in [0.2, 0.25) is 5.91 Å². The van der Waals surface area contributed by atoms with Crippen molar-refractivity contribution in [2.24, 2.45) is 0 Å². The molecular formula is C25H30F3N3O. The van der Waals surface area contributed by atoms with Crippen LogP contribution in [0.25, 0.3) is 0 Å². The van der Waals surface area contributed by atoms with Crippen LogP contribution in [0.15, 0.2) is 42.6 Å². The number of hydrogen-bond acceptors (Lipinski definition) is 3. The molecule has 0 spiro atoms. The SMILES string of the molecule is C[C@@H](C(=O)N1CCC(c2ccc(Cc3ccc(C(F)(F)F)cc3)cn2)CC1)N1CCCC1. The number of halogens is 3. The molecular weight excluding hydrogens is 415 g/mol. The van der Waals surface area contributed by atoms with E-state index < -0.39 is 11.7 Å². The highest BCUT2D eigenvalue weighted by Crippen LogP contribution is 2.30. The minimum absolute atomic E-state index is 0.0309. The number of benzene rings is 1. The van der Waals surface area contributed by atoms with Crippen LogP contribution in [-0.2, 0) is 17.4 Å². The number of pyridine rings is 1. The van der Waals surface area contributed by atoms with Crippen molar-refractivity contribution in [3.8, 4) is 0 Å². The number of rotatable bonds is 5. The fourth-order valence-corrected chi connectivity index (χ4v) is 4.77. The predicted octanol–water partition coefficient (Wildman–Crippen LogP) is 4.88. The zero-order valence-electron chi connectivity index (χ0n) is 18.4. The van der Waals surface area contributed by atoms with Crippen LogP contribution in [0.5, 0.6) is 0 Å². The molecule has 4 rings (SSSR count). The van der Waals surface area contributed by atoms with Crippen LogP contribution in [0.4, 0.5) is 13.2 Å². The maximum atomic E-state index is 12.8. The lowest BCUT2D eigenvalue weighted by molar-refractivity contribution is -0.138. The van der Waals surface area contributed by atoms with Gasteiger partial charge in [0.15, 0.2) is 0 Å². The Morgan fingerprint density at radius 3 is 2.19 bits per heavy atom. The van der Waals surface area contributed by atoms with Crippen LogP contribution in [-0.4, -0.2) is 52.9 Å². The first-order chi connectivity index (χ1) is 15.3. The van der Waals surface area contributed by atoms with E-state index in [0.717, 1.165) is 68.0 Å². The molecule has 1 aromatic carbocycles. The van der Waals surface area contributed by atoms with Gasteiger partial charge >= 0.3 is 6.18 Å². The number of aromatic nitrogens is 1. The third kappa shape index (κ3) is 5.31. The fraction of sp³-hybridized carbons (Fsp3) is 0.520. The number of hydrogen-bond donors (Lipinski definition) is 0. The molecule has 2 fully saturated rings. The standard InChI is InChI=1S/C25H30F3N3O/c1-18(30-12-2-3-13-30)24(32)31-14-10-21(11-15-31)23-9-6-20(17-29-23)16-19-4-7-22(8-5-19)25(26,27)28/h4-9,17-18,21H,2-3,10-16H2,1H3/t18-/m0/s1. The largest absolute Gasteiger partial charge is 0.416 e. The van der Waals surface area contributed by atoms with E-state index >= 15 is 0 Å². The molecule has 1 amide bonds. The molecule has 0 bridgehead atoms. The van der Waals surface area contributed by atoms with E-state index in [2.05, 4.69) is 9.88 Å². The van der Waals surface area contributed by atoms with E-state index in [4.69, 9.17) is 0 Å². The van der Waals surface area contributed by atoms with Crippen molar-refractivity contribution in [2.45, 2.75) is 57.2 Å². The second-order valence-electron chi connectivity index (χ2n) is 8.98. The monoisotopic (exact) mass is 445 g/mol. The Hall–Kier alpha value is -2.41. The van der Waals surface area contributed by atoms with Gasteiger partial charge in [0.25, 0.3) is 0 Å². The summed E-state index contributed by atoms with van der Waals surface area (Å²) in [7, 11) is 0. The Balaban J connectivity index is 1.29. The van der Waals surface area contributed by atoms with Crippen molar-refractivity contribution in [2.75, 3.05) is 26.2 Å². The van der Waals surface area contributed by atoms with Gasteiger partial charge in [0.05, 0.1) is 11.6 Å². The lowest BCUT2D eigenvalue weighted by Gasteiger charge is -2.35. The topological polar surface area (TPSA) is 36.4 Å². The quantitative estimate of drug-likeness (QED) is 0.658. The highest BCUT2D eigenvalue weighted by atomic mass is 19.4. The smallest absolute Gasteiger partial charge is 0.341 e. The molecule has 1 atom stereocenters. The number of alkyl halides is 3. The summed E-state index contributed by atoms with van der Waals surface area (Å²) in [6, 6.07) is 9.28. The zero-order valence-corrected chi connectivity index (χ0v) is 18.4. The predicted molar refractivity (Wildman–Crippen MR) is 117 cm³/mol. The molecule has 0 radical (unpaired) electrons. The summed E-state index contributed by atoms with van der Waals surface area (Å²) < 4.78 is 38.1. The van der Waals surface area contributed by atoms with Gasteiger partial charge in [0, 0.05) is 30.9 Å². The number of likely N-dealkylation sites (tertiary alicyclic amines) is 2. The van der Waals surface area contributed by atoms with E-state index in [1.165, 1.54) is 25.0 Å². The Morgan fingerprint density at radius 2 is 1.62 bits per heavy atom. The van der Waals surface area contributed by atoms with Gasteiger partial charge in [-0.15, -0.1) is 0 Å². The van der Waals surface area contributed by atoms with E-state index in [-0.39, 0.29) is 11.9 Å². The van der Waals surface area contributed by atoms with Crippen molar-refractivity contribution >= 4 is 5.91 Å². The van der Waals surface area contributed by atoms with Gasteiger partial charge in [-0.2, -0.15) is 13.2 Å². The highest BCUT2D eigenvalue weighted by Gasteiger charge is 2.31. The Morgan fingerprint density at radius 1 is 1.00 bits per heavy atom. The first-order valence-corrected chi connectivity index (χ1v) is 11.4. The number of piperidine rings is 1. The lowest BCUT2D eigenvalue weighted by atomic mass is 9.92. The van der Waals surface area contributed by atoms with Gasteiger partial charge in [-0.1, -0.05) is 18.2 Å². The average molecular weight is 446 g/mol. The fourth-order valence-electron chi connectivity index (χ4n) is 4.77. The Labute approximate surface area is 187 Å². The number of carbonyl (C=O) groups excluding carboxylic acids is 1. The maximum Gasteiger partial charge on any atom is 0.416 e. The summed E-state index contributed by atoms with van der Waals surface area (Å²) in [5.74, 6) is 0.575. The maximum absolute atomic E-state index is 12.8. The number of amides is 1. The van der Waals surface area contributed by atoms with Crippen molar-refractivity contribution in [3.63, 3.8) is 0 Å². The molecule has 0 saturated carbocycles. The van der Waals surface area contributed by atoms with E-state index in [9.17, 15) is 18.0 Å².